The smallest absolute Gasteiger partial charge is 0.262 e. The fourth-order valence-corrected chi connectivity index (χ4v) is 4.77. The maximum absolute atomic E-state index is 12.7. The van der Waals surface area contributed by atoms with Crippen molar-refractivity contribution in [3.8, 4) is 0 Å². The Balaban J connectivity index is 1.51. The molecule has 1 aliphatic carbocycles. The van der Waals surface area contributed by atoms with E-state index >= 15 is 0 Å². The summed E-state index contributed by atoms with van der Waals surface area (Å²) >= 11 is 0. The molecule has 0 saturated heterocycles. The molecule has 2 N–H and O–H groups in total. The summed E-state index contributed by atoms with van der Waals surface area (Å²) in [5.74, 6) is 0.182. The van der Waals surface area contributed by atoms with Crippen molar-refractivity contribution in [3.63, 3.8) is 0 Å². The Hall–Kier alpha value is -2.67. The van der Waals surface area contributed by atoms with E-state index < -0.39 is 10.0 Å². The molecule has 1 atom stereocenters. The minimum Gasteiger partial charge on any atom is -0.326 e. The molecule has 2 aromatic carbocycles. The predicted molar refractivity (Wildman–Crippen MR) is 104 cm³/mol. The molecule has 1 heterocycles. The monoisotopic (exact) mass is 383 g/mol. The maximum atomic E-state index is 12.7. The van der Waals surface area contributed by atoms with Crippen LogP contribution >= 0.6 is 0 Å². The molecule has 0 fully saturated rings. The lowest BCUT2D eigenvalue weighted by Crippen LogP contribution is -2.29. The number of nitrogens with zero attached hydrogens (tertiary/aromatic N) is 1. The molecule has 1 aliphatic heterocycles. The molecule has 1 amide bonds. The van der Waals surface area contributed by atoms with Crippen LogP contribution < -0.4 is 10.0 Å². The molecule has 6 nitrogen and oxygen atoms in total. The summed E-state index contributed by atoms with van der Waals surface area (Å²) in [5.41, 5.74) is 2.73. The number of aliphatic imine (C=N–C) groups is 1. The molecule has 0 bridgehead atoms. The fraction of sp³-hybridized carbons (Fsp3) is 0.300. The van der Waals surface area contributed by atoms with Crippen molar-refractivity contribution in [2.75, 3.05) is 11.9 Å². The second-order valence-corrected chi connectivity index (χ2v) is 8.53. The van der Waals surface area contributed by atoms with Crippen LogP contribution in [0.15, 0.2) is 58.4 Å². The van der Waals surface area contributed by atoms with E-state index in [1.165, 1.54) is 17.7 Å². The Morgan fingerprint density at radius 1 is 1.07 bits per heavy atom. The molecular formula is C20H21N3O3S. The normalized spacial score (nSPS) is 18.7. The highest BCUT2D eigenvalue weighted by molar-refractivity contribution is 7.90. The molecule has 140 valence electrons. The third kappa shape index (κ3) is 3.73. The van der Waals surface area contributed by atoms with Crippen molar-refractivity contribution < 1.29 is 13.2 Å². The van der Waals surface area contributed by atoms with E-state index in [1.807, 2.05) is 24.3 Å². The molecular weight excluding hydrogens is 362 g/mol. The van der Waals surface area contributed by atoms with Crippen LogP contribution in [-0.4, -0.2) is 26.7 Å². The first-order valence-corrected chi connectivity index (χ1v) is 10.6. The Kier molecular flexibility index (Phi) is 4.70. The number of anilines is 1. The number of carbonyl (C=O) groups is 1. The first-order chi connectivity index (χ1) is 13.0. The van der Waals surface area contributed by atoms with Crippen LogP contribution in [0.5, 0.6) is 0 Å². The standard InChI is InChI=1S/C20H21N3O3S/c24-20(18-11-10-14-5-1-2-8-17(14)18)22-15-6-3-7-16(13-15)27(25,26)23-19-9-4-12-21-19/h1-3,5-8,13,18H,4,9-12H2,(H,21,23)(H,22,24). The maximum Gasteiger partial charge on any atom is 0.262 e. The second kappa shape index (κ2) is 7.15. The van der Waals surface area contributed by atoms with Gasteiger partial charge in [0.2, 0.25) is 5.91 Å². The SMILES string of the molecule is O=C(Nc1cccc(S(=O)(=O)NC2=NCCC2)c1)C1CCc2ccccc21. The van der Waals surface area contributed by atoms with Crippen molar-refractivity contribution in [1.29, 1.82) is 0 Å². The van der Waals surface area contributed by atoms with Gasteiger partial charge >= 0.3 is 0 Å². The summed E-state index contributed by atoms with van der Waals surface area (Å²) in [7, 11) is -3.70. The third-order valence-electron chi connectivity index (χ3n) is 4.99. The molecule has 0 radical (unpaired) electrons. The highest BCUT2D eigenvalue weighted by atomic mass is 32.2. The zero-order valence-electron chi connectivity index (χ0n) is 14.8. The lowest BCUT2D eigenvalue weighted by Gasteiger charge is -2.13. The zero-order valence-corrected chi connectivity index (χ0v) is 15.6. The Morgan fingerprint density at radius 2 is 1.93 bits per heavy atom. The third-order valence-corrected chi connectivity index (χ3v) is 6.37. The van der Waals surface area contributed by atoms with E-state index in [1.54, 1.807) is 12.1 Å². The van der Waals surface area contributed by atoms with Crippen LogP contribution in [0.2, 0.25) is 0 Å². The van der Waals surface area contributed by atoms with Gasteiger partial charge in [0.25, 0.3) is 10.0 Å². The number of hydrogen-bond donors (Lipinski definition) is 2. The molecule has 0 spiro atoms. The second-order valence-electron chi connectivity index (χ2n) is 6.84. The minimum atomic E-state index is -3.70. The van der Waals surface area contributed by atoms with E-state index in [0.29, 0.717) is 24.5 Å². The average molecular weight is 383 g/mol. The van der Waals surface area contributed by atoms with Gasteiger partial charge in [0.05, 0.1) is 10.8 Å². The van der Waals surface area contributed by atoms with Gasteiger partial charge in [-0.15, -0.1) is 0 Å². The average Bonchev–Trinajstić information content (AvgIpc) is 3.31. The van der Waals surface area contributed by atoms with Gasteiger partial charge < -0.3 is 5.32 Å². The number of carbonyl (C=O) groups excluding carboxylic acids is 1. The number of aryl methyl sites for hydroxylation is 1. The highest BCUT2D eigenvalue weighted by Crippen LogP contribution is 2.33. The number of amides is 1. The van der Waals surface area contributed by atoms with Gasteiger partial charge in [0.1, 0.15) is 5.84 Å². The number of benzene rings is 2. The molecule has 0 aromatic heterocycles. The van der Waals surface area contributed by atoms with E-state index in [2.05, 4.69) is 15.0 Å². The number of amidine groups is 1. The Labute approximate surface area is 158 Å². The quantitative estimate of drug-likeness (QED) is 0.851. The number of hydrogen-bond acceptors (Lipinski definition) is 4. The van der Waals surface area contributed by atoms with E-state index in [4.69, 9.17) is 0 Å². The van der Waals surface area contributed by atoms with Gasteiger partial charge in [-0.2, -0.15) is 0 Å². The zero-order chi connectivity index (χ0) is 18.9. The minimum absolute atomic E-state index is 0.109. The Morgan fingerprint density at radius 3 is 2.74 bits per heavy atom. The molecule has 1 unspecified atom stereocenters. The van der Waals surface area contributed by atoms with E-state index in [0.717, 1.165) is 24.8 Å². The molecule has 4 rings (SSSR count). The summed E-state index contributed by atoms with van der Waals surface area (Å²) in [6.45, 7) is 0.650. The van der Waals surface area contributed by atoms with Gasteiger partial charge in [-0.3, -0.25) is 14.5 Å². The summed E-state index contributed by atoms with van der Waals surface area (Å²) in [6, 6.07) is 14.3. The first-order valence-electron chi connectivity index (χ1n) is 9.08. The van der Waals surface area contributed by atoms with Crippen molar-refractivity contribution in [2.45, 2.75) is 36.5 Å². The van der Waals surface area contributed by atoms with E-state index in [-0.39, 0.29) is 16.7 Å². The molecule has 2 aromatic rings. The van der Waals surface area contributed by atoms with Gasteiger partial charge in [-0.05, 0) is 48.6 Å². The topological polar surface area (TPSA) is 87.6 Å². The van der Waals surface area contributed by atoms with Crippen LogP contribution in [0.3, 0.4) is 0 Å². The summed E-state index contributed by atoms with van der Waals surface area (Å²) in [5, 5.41) is 2.87. The van der Waals surface area contributed by atoms with Gasteiger partial charge in [-0.25, -0.2) is 8.42 Å². The van der Waals surface area contributed by atoms with E-state index in [9.17, 15) is 13.2 Å². The van der Waals surface area contributed by atoms with Crippen LogP contribution in [0, 0.1) is 0 Å². The predicted octanol–water partition coefficient (Wildman–Crippen LogP) is 2.83. The Bertz CT molecular complexity index is 1010. The number of sulfonamides is 1. The molecule has 27 heavy (non-hydrogen) atoms. The van der Waals surface area contributed by atoms with Crippen molar-refractivity contribution in [3.05, 3.63) is 59.7 Å². The van der Waals surface area contributed by atoms with Gasteiger partial charge in [0, 0.05) is 18.7 Å². The molecule has 0 saturated carbocycles. The summed E-state index contributed by atoms with van der Waals surface area (Å²) < 4.78 is 27.6. The highest BCUT2D eigenvalue weighted by Gasteiger charge is 2.28. The lowest BCUT2D eigenvalue weighted by molar-refractivity contribution is -0.117. The summed E-state index contributed by atoms with van der Waals surface area (Å²) in [4.78, 5) is 17.0. The van der Waals surface area contributed by atoms with Crippen molar-refractivity contribution in [2.24, 2.45) is 4.99 Å². The van der Waals surface area contributed by atoms with Gasteiger partial charge in [0.15, 0.2) is 0 Å². The van der Waals surface area contributed by atoms with Gasteiger partial charge in [-0.1, -0.05) is 30.3 Å². The first kappa shape index (κ1) is 17.7. The van der Waals surface area contributed by atoms with Crippen LogP contribution in [0.1, 0.15) is 36.3 Å². The number of nitrogens with one attached hydrogen (secondary N) is 2. The van der Waals surface area contributed by atoms with Crippen LogP contribution in [0.4, 0.5) is 5.69 Å². The van der Waals surface area contributed by atoms with Crippen LogP contribution in [0.25, 0.3) is 0 Å². The van der Waals surface area contributed by atoms with Crippen molar-refractivity contribution in [1.82, 2.24) is 4.72 Å². The summed E-state index contributed by atoms with van der Waals surface area (Å²) in [6.07, 6.45) is 3.15. The fourth-order valence-electron chi connectivity index (χ4n) is 3.64. The molecule has 7 heteroatoms. The number of rotatable bonds is 4. The largest absolute Gasteiger partial charge is 0.326 e. The number of fused-ring (bicyclic) bond motifs is 1. The lowest BCUT2D eigenvalue weighted by atomic mass is 10.0. The van der Waals surface area contributed by atoms with Crippen molar-refractivity contribution >= 4 is 27.5 Å². The molecule has 2 aliphatic rings. The van der Waals surface area contributed by atoms with Crippen LogP contribution in [-0.2, 0) is 21.2 Å².